The van der Waals surface area contributed by atoms with E-state index in [-0.39, 0.29) is 11.8 Å². The number of rotatable bonds is 10. The Morgan fingerprint density at radius 3 is 2.38 bits per heavy atom. The zero-order valence-electron chi connectivity index (χ0n) is 10.5. The van der Waals surface area contributed by atoms with E-state index in [2.05, 4.69) is 17.9 Å². The smallest absolute Gasteiger partial charge is 0.222 e. The first-order valence-corrected chi connectivity index (χ1v) is 6.78. The van der Waals surface area contributed by atoms with Crippen LogP contribution in [0, 0.1) is 5.92 Å². The molecular formula is C12H25NO2S. The van der Waals surface area contributed by atoms with Crippen LogP contribution in [0.5, 0.6) is 0 Å². The maximum absolute atomic E-state index is 11.2. The molecule has 0 radical (unpaired) electrons. The number of hydrogen-bond donors (Lipinski definition) is 2. The SMILES string of the molecule is CC(C)C(=O)NCCCCOCCCCS. The number of amides is 1. The molecule has 0 unspecified atom stereocenters. The molecule has 4 heteroatoms. The van der Waals surface area contributed by atoms with Crippen LogP contribution in [0.1, 0.15) is 39.5 Å². The van der Waals surface area contributed by atoms with Crippen molar-refractivity contribution in [3.63, 3.8) is 0 Å². The number of thiol groups is 1. The Hall–Kier alpha value is -0.220. The maximum atomic E-state index is 11.2. The minimum absolute atomic E-state index is 0.0810. The summed E-state index contributed by atoms with van der Waals surface area (Å²) in [5.41, 5.74) is 0. The van der Waals surface area contributed by atoms with Crippen LogP contribution in [0.2, 0.25) is 0 Å². The van der Waals surface area contributed by atoms with Gasteiger partial charge in [-0.25, -0.2) is 0 Å². The van der Waals surface area contributed by atoms with Gasteiger partial charge < -0.3 is 10.1 Å². The van der Waals surface area contributed by atoms with Gasteiger partial charge in [-0.05, 0) is 31.4 Å². The van der Waals surface area contributed by atoms with Crippen LogP contribution in [0.4, 0.5) is 0 Å². The molecule has 16 heavy (non-hydrogen) atoms. The Bertz CT molecular complexity index is 174. The number of nitrogens with one attached hydrogen (secondary N) is 1. The predicted octanol–water partition coefficient (Wildman–Crippen LogP) is 2.27. The Kier molecular flexibility index (Phi) is 11.1. The first kappa shape index (κ1) is 15.8. The monoisotopic (exact) mass is 247 g/mol. The van der Waals surface area contributed by atoms with Gasteiger partial charge in [0, 0.05) is 25.7 Å². The van der Waals surface area contributed by atoms with E-state index in [1.54, 1.807) is 0 Å². The van der Waals surface area contributed by atoms with Crippen molar-refractivity contribution in [2.24, 2.45) is 5.92 Å². The van der Waals surface area contributed by atoms with Crippen molar-refractivity contribution < 1.29 is 9.53 Å². The summed E-state index contributed by atoms with van der Waals surface area (Å²) in [6, 6.07) is 0. The zero-order chi connectivity index (χ0) is 12.2. The highest BCUT2D eigenvalue weighted by molar-refractivity contribution is 7.80. The second-order valence-corrected chi connectivity index (χ2v) is 4.64. The van der Waals surface area contributed by atoms with Gasteiger partial charge in [0.15, 0.2) is 0 Å². The second kappa shape index (κ2) is 11.3. The van der Waals surface area contributed by atoms with Gasteiger partial charge in [0.25, 0.3) is 0 Å². The largest absolute Gasteiger partial charge is 0.381 e. The highest BCUT2D eigenvalue weighted by atomic mass is 32.1. The summed E-state index contributed by atoms with van der Waals surface area (Å²) in [6.45, 7) is 6.19. The second-order valence-electron chi connectivity index (χ2n) is 4.20. The number of carbonyl (C=O) groups excluding carboxylic acids is 1. The lowest BCUT2D eigenvalue weighted by atomic mass is 10.2. The molecule has 3 nitrogen and oxygen atoms in total. The van der Waals surface area contributed by atoms with Crippen LogP contribution in [0.25, 0.3) is 0 Å². The minimum atomic E-state index is 0.0810. The number of unbranched alkanes of at least 4 members (excludes halogenated alkanes) is 2. The lowest BCUT2D eigenvalue weighted by Gasteiger charge is -2.07. The van der Waals surface area contributed by atoms with Gasteiger partial charge in [0.05, 0.1) is 0 Å². The lowest BCUT2D eigenvalue weighted by Crippen LogP contribution is -2.28. The highest BCUT2D eigenvalue weighted by Gasteiger charge is 2.04. The van der Waals surface area contributed by atoms with E-state index in [0.717, 1.165) is 51.2 Å². The molecule has 0 aliphatic carbocycles. The van der Waals surface area contributed by atoms with Gasteiger partial charge in [-0.15, -0.1) is 0 Å². The molecule has 0 aromatic heterocycles. The standard InChI is InChI=1S/C12H25NO2S/c1-11(2)12(14)13-7-3-4-8-15-9-5-6-10-16/h11,16H,3-10H2,1-2H3,(H,13,14). The first-order valence-electron chi connectivity index (χ1n) is 6.14. The normalized spacial score (nSPS) is 10.8. The summed E-state index contributed by atoms with van der Waals surface area (Å²) in [4.78, 5) is 11.2. The van der Waals surface area contributed by atoms with Crippen LogP contribution >= 0.6 is 12.6 Å². The number of hydrogen-bond acceptors (Lipinski definition) is 3. The summed E-state index contributed by atoms with van der Waals surface area (Å²) in [5, 5.41) is 2.89. The molecule has 0 aliphatic rings. The molecule has 0 aromatic carbocycles. The van der Waals surface area contributed by atoms with Gasteiger partial charge in [-0.1, -0.05) is 13.8 Å². The topological polar surface area (TPSA) is 38.3 Å². The van der Waals surface area contributed by atoms with Crippen molar-refractivity contribution in [2.75, 3.05) is 25.5 Å². The van der Waals surface area contributed by atoms with Crippen molar-refractivity contribution in [3.05, 3.63) is 0 Å². The molecule has 0 atom stereocenters. The van der Waals surface area contributed by atoms with Gasteiger partial charge in [0.2, 0.25) is 5.91 Å². The van der Waals surface area contributed by atoms with Crippen molar-refractivity contribution in [1.29, 1.82) is 0 Å². The van der Waals surface area contributed by atoms with E-state index >= 15 is 0 Å². The van der Waals surface area contributed by atoms with Gasteiger partial charge in [-0.2, -0.15) is 12.6 Å². The highest BCUT2D eigenvalue weighted by Crippen LogP contribution is 1.95. The van der Waals surface area contributed by atoms with Crippen LogP contribution in [0.15, 0.2) is 0 Å². The Morgan fingerprint density at radius 2 is 1.81 bits per heavy atom. The Labute approximate surface area is 105 Å². The predicted molar refractivity (Wildman–Crippen MR) is 71.0 cm³/mol. The Balaban J connectivity index is 3.07. The van der Waals surface area contributed by atoms with E-state index in [1.165, 1.54) is 0 Å². The van der Waals surface area contributed by atoms with Crippen LogP contribution < -0.4 is 5.32 Å². The first-order chi connectivity index (χ1) is 7.68. The molecule has 0 spiro atoms. The fraction of sp³-hybridized carbons (Fsp3) is 0.917. The zero-order valence-corrected chi connectivity index (χ0v) is 11.4. The molecule has 0 aliphatic heterocycles. The van der Waals surface area contributed by atoms with Gasteiger partial charge in [0.1, 0.15) is 0 Å². The summed E-state index contributed by atoms with van der Waals surface area (Å²) in [7, 11) is 0. The fourth-order valence-electron chi connectivity index (χ4n) is 1.16. The summed E-state index contributed by atoms with van der Waals surface area (Å²) in [6.07, 6.45) is 4.21. The van der Waals surface area contributed by atoms with E-state index in [0.29, 0.717) is 0 Å². The van der Waals surface area contributed by atoms with Gasteiger partial charge >= 0.3 is 0 Å². The molecule has 1 N–H and O–H groups in total. The van der Waals surface area contributed by atoms with Crippen molar-refractivity contribution >= 4 is 18.5 Å². The lowest BCUT2D eigenvalue weighted by molar-refractivity contribution is -0.123. The van der Waals surface area contributed by atoms with Gasteiger partial charge in [-0.3, -0.25) is 4.79 Å². The molecule has 0 saturated heterocycles. The third-order valence-corrected chi connectivity index (χ3v) is 2.55. The average Bonchev–Trinajstić information content (AvgIpc) is 2.26. The summed E-state index contributed by atoms with van der Waals surface area (Å²) < 4.78 is 5.44. The molecule has 0 bridgehead atoms. The maximum Gasteiger partial charge on any atom is 0.222 e. The van der Waals surface area contributed by atoms with Crippen LogP contribution in [0.3, 0.4) is 0 Å². The quantitative estimate of drug-likeness (QED) is 0.459. The molecule has 0 rings (SSSR count). The number of ether oxygens (including phenoxy) is 1. The fourth-order valence-corrected chi connectivity index (χ4v) is 1.39. The molecule has 96 valence electrons. The molecular weight excluding hydrogens is 222 g/mol. The third kappa shape index (κ3) is 10.3. The summed E-state index contributed by atoms with van der Waals surface area (Å²) in [5.74, 6) is 1.15. The number of carbonyl (C=O) groups is 1. The third-order valence-electron chi connectivity index (χ3n) is 2.24. The minimum Gasteiger partial charge on any atom is -0.381 e. The molecule has 0 heterocycles. The molecule has 0 saturated carbocycles. The van der Waals surface area contributed by atoms with Crippen molar-refractivity contribution in [1.82, 2.24) is 5.32 Å². The molecule has 0 aromatic rings. The van der Waals surface area contributed by atoms with E-state index < -0.39 is 0 Å². The van der Waals surface area contributed by atoms with Crippen LogP contribution in [-0.2, 0) is 9.53 Å². The van der Waals surface area contributed by atoms with E-state index in [4.69, 9.17) is 4.74 Å². The van der Waals surface area contributed by atoms with Crippen molar-refractivity contribution in [3.8, 4) is 0 Å². The van der Waals surface area contributed by atoms with E-state index in [1.807, 2.05) is 13.8 Å². The average molecular weight is 247 g/mol. The Morgan fingerprint density at radius 1 is 1.19 bits per heavy atom. The van der Waals surface area contributed by atoms with Crippen LogP contribution in [-0.4, -0.2) is 31.4 Å². The molecule has 1 amide bonds. The van der Waals surface area contributed by atoms with Crippen molar-refractivity contribution in [2.45, 2.75) is 39.5 Å². The summed E-state index contributed by atoms with van der Waals surface area (Å²) >= 11 is 4.13. The van der Waals surface area contributed by atoms with E-state index in [9.17, 15) is 4.79 Å². The molecule has 0 fully saturated rings.